The molecule has 3 heterocycles. The van der Waals surface area contributed by atoms with Crippen molar-refractivity contribution in [1.29, 1.82) is 0 Å². The van der Waals surface area contributed by atoms with Gasteiger partial charge in [-0.05, 0) is 68.0 Å². The molecular formula is C24H22N2O2S2. The first-order valence-corrected chi connectivity index (χ1v) is 12.0. The largest absolute Gasteiger partial charge is 0.290 e. The van der Waals surface area contributed by atoms with Crippen LogP contribution in [0.5, 0.6) is 0 Å². The van der Waals surface area contributed by atoms with Crippen molar-refractivity contribution in [2.45, 2.75) is 46.0 Å². The van der Waals surface area contributed by atoms with Gasteiger partial charge in [-0.2, -0.15) is 0 Å². The Morgan fingerprint density at radius 3 is 2.60 bits per heavy atom. The van der Waals surface area contributed by atoms with Crippen LogP contribution in [0.1, 0.15) is 47.0 Å². The lowest BCUT2D eigenvalue weighted by Crippen LogP contribution is -2.17. The number of thioether (sulfide) groups is 1. The zero-order chi connectivity index (χ0) is 20.8. The first kappa shape index (κ1) is 19.5. The van der Waals surface area contributed by atoms with Crippen LogP contribution in [-0.2, 0) is 24.1 Å². The lowest BCUT2D eigenvalue weighted by atomic mass is 9.89. The molecule has 0 saturated carbocycles. The molecule has 1 aromatic carbocycles. The summed E-state index contributed by atoms with van der Waals surface area (Å²) < 4.78 is 0. The van der Waals surface area contributed by atoms with E-state index in [1.54, 1.807) is 0 Å². The number of aromatic nitrogens is 1. The zero-order valence-electron chi connectivity index (χ0n) is 17.0. The van der Waals surface area contributed by atoms with Crippen LogP contribution in [-0.4, -0.2) is 16.1 Å². The molecule has 4 nitrogen and oxygen atoms in total. The van der Waals surface area contributed by atoms with Crippen molar-refractivity contribution in [2.24, 2.45) is 0 Å². The summed E-state index contributed by atoms with van der Waals surface area (Å²) in [6.07, 6.45) is 7.26. The van der Waals surface area contributed by atoms with E-state index in [4.69, 9.17) is 4.98 Å². The molecule has 2 amide bonds. The summed E-state index contributed by atoms with van der Waals surface area (Å²) in [7, 11) is 0. The van der Waals surface area contributed by atoms with Crippen molar-refractivity contribution in [3.8, 4) is 11.1 Å². The second-order valence-electron chi connectivity index (χ2n) is 7.81. The summed E-state index contributed by atoms with van der Waals surface area (Å²) in [4.78, 5) is 32.0. The highest BCUT2D eigenvalue weighted by atomic mass is 32.2. The second kappa shape index (κ2) is 7.67. The molecule has 152 valence electrons. The molecule has 2 aromatic heterocycles. The van der Waals surface area contributed by atoms with Crippen LogP contribution in [0.15, 0.2) is 29.2 Å². The molecule has 0 unspecified atom stereocenters. The Morgan fingerprint density at radius 1 is 1.13 bits per heavy atom. The number of fused-ring (bicyclic) bond motifs is 3. The molecule has 0 radical (unpaired) electrons. The van der Waals surface area contributed by atoms with Crippen LogP contribution < -0.4 is 5.32 Å². The monoisotopic (exact) mass is 434 g/mol. The number of rotatable bonds is 3. The maximum absolute atomic E-state index is 12.3. The van der Waals surface area contributed by atoms with Crippen LogP contribution in [0.25, 0.3) is 27.4 Å². The molecule has 30 heavy (non-hydrogen) atoms. The van der Waals surface area contributed by atoms with Gasteiger partial charge in [0.2, 0.25) is 0 Å². The fourth-order valence-electron chi connectivity index (χ4n) is 4.35. The van der Waals surface area contributed by atoms with Crippen LogP contribution in [0.3, 0.4) is 0 Å². The van der Waals surface area contributed by atoms with Crippen molar-refractivity contribution in [3.05, 3.63) is 56.4 Å². The Kier molecular flexibility index (Phi) is 4.99. The summed E-state index contributed by atoms with van der Waals surface area (Å²) >= 11 is 2.79. The molecule has 6 heteroatoms. The van der Waals surface area contributed by atoms with Gasteiger partial charge in [-0.15, -0.1) is 11.3 Å². The normalized spacial score (nSPS) is 17.6. The summed E-state index contributed by atoms with van der Waals surface area (Å²) in [5, 5.41) is 3.29. The number of nitrogens with one attached hydrogen (secondary N) is 1. The lowest BCUT2D eigenvalue weighted by Gasteiger charge is -2.16. The summed E-state index contributed by atoms with van der Waals surface area (Å²) in [6, 6.07) is 8.57. The molecule has 3 aromatic rings. The quantitative estimate of drug-likeness (QED) is 0.511. The van der Waals surface area contributed by atoms with Crippen LogP contribution >= 0.6 is 23.1 Å². The Hall–Kier alpha value is -2.44. The molecule has 1 N–H and O–H groups in total. The van der Waals surface area contributed by atoms with Gasteiger partial charge in [0, 0.05) is 27.1 Å². The molecule has 0 bridgehead atoms. The molecule has 1 aliphatic heterocycles. The fourth-order valence-corrected chi connectivity index (χ4v) is 6.30. The van der Waals surface area contributed by atoms with Crippen LogP contribution in [0.4, 0.5) is 4.79 Å². The number of imide groups is 1. The highest BCUT2D eigenvalue weighted by Gasteiger charge is 2.28. The number of carbonyl (C=O) groups is 2. The molecule has 2 aliphatic rings. The number of pyridine rings is 1. The second-order valence-corrected chi connectivity index (χ2v) is 9.91. The van der Waals surface area contributed by atoms with Gasteiger partial charge >= 0.3 is 0 Å². The third-order valence-electron chi connectivity index (χ3n) is 5.81. The van der Waals surface area contributed by atoms with E-state index < -0.39 is 0 Å². The van der Waals surface area contributed by atoms with Crippen molar-refractivity contribution >= 4 is 50.5 Å². The topological polar surface area (TPSA) is 59.1 Å². The van der Waals surface area contributed by atoms with E-state index in [0.717, 1.165) is 58.2 Å². The fraction of sp³-hybridized carbons (Fsp3) is 0.292. The van der Waals surface area contributed by atoms with Gasteiger partial charge in [0.1, 0.15) is 4.83 Å². The van der Waals surface area contributed by atoms with E-state index >= 15 is 0 Å². The average molecular weight is 435 g/mol. The Bertz CT molecular complexity index is 1220. The molecule has 1 saturated heterocycles. The average Bonchev–Trinajstić information content (AvgIpc) is 3.27. The number of benzene rings is 1. The number of thiophene rings is 1. The van der Waals surface area contributed by atoms with E-state index in [1.807, 2.05) is 17.4 Å². The SMILES string of the molecule is CCc1nc2sc3c(c2c(-c2ccc(C)cc2)c1C=C1SC(=O)NC1=O)CCCC3. The minimum absolute atomic E-state index is 0.317. The number of nitrogens with zero attached hydrogens (tertiary/aromatic N) is 1. The maximum atomic E-state index is 12.3. The van der Waals surface area contributed by atoms with Gasteiger partial charge in [-0.1, -0.05) is 36.8 Å². The number of hydrogen-bond donors (Lipinski definition) is 1. The Morgan fingerprint density at radius 2 is 1.90 bits per heavy atom. The molecule has 0 spiro atoms. The Labute approximate surface area is 183 Å². The maximum Gasteiger partial charge on any atom is 0.290 e. The summed E-state index contributed by atoms with van der Waals surface area (Å²) in [5.74, 6) is -0.325. The highest BCUT2D eigenvalue weighted by molar-refractivity contribution is 8.18. The predicted octanol–water partition coefficient (Wildman–Crippen LogP) is 6.04. The van der Waals surface area contributed by atoms with Crippen LogP contribution in [0.2, 0.25) is 0 Å². The number of amides is 2. The van der Waals surface area contributed by atoms with Gasteiger partial charge < -0.3 is 0 Å². The van der Waals surface area contributed by atoms with Gasteiger partial charge in [-0.25, -0.2) is 4.98 Å². The minimum atomic E-state index is -0.325. The van der Waals surface area contributed by atoms with Crippen molar-refractivity contribution < 1.29 is 9.59 Å². The van der Waals surface area contributed by atoms with E-state index in [1.165, 1.54) is 34.2 Å². The molecular weight excluding hydrogens is 412 g/mol. The first-order valence-electron chi connectivity index (χ1n) is 10.3. The van der Waals surface area contributed by atoms with Crippen molar-refractivity contribution in [3.63, 3.8) is 0 Å². The predicted molar refractivity (Wildman–Crippen MR) is 125 cm³/mol. The van der Waals surface area contributed by atoms with Gasteiger partial charge in [0.05, 0.1) is 4.91 Å². The molecule has 5 rings (SSSR count). The zero-order valence-corrected chi connectivity index (χ0v) is 18.6. The van der Waals surface area contributed by atoms with Crippen LogP contribution in [0, 0.1) is 6.92 Å². The van der Waals surface area contributed by atoms with E-state index in [2.05, 4.69) is 43.4 Å². The van der Waals surface area contributed by atoms with E-state index in [0.29, 0.717) is 4.91 Å². The van der Waals surface area contributed by atoms with Gasteiger partial charge in [0.15, 0.2) is 0 Å². The Balaban J connectivity index is 1.86. The van der Waals surface area contributed by atoms with Crippen molar-refractivity contribution in [2.75, 3.05) is 0 Å². The van der Waals surface area contributed by atoms with Crippen molar-refractivity contribution in [1.82, 2.24) is 10.3 Å². The minimum Gasteiger partial charge on any atom is -0.282 e. The first-order chi connectivity index (χ1) is 14.5. The molecule has 0 atom stereocenters. The summed E-state index contributed by atoms with van der Waals surface area (Å²) in [5.41, 5.74) is 6.85. The lowest BCUT2D eigenvalue weighted by molar-refractivity contribution is -0.115. The number of hydrogen-bond acceptors (Lipinski definition) is 5. The smallest absolute Gasteiger partial charge is 0.282 e. The van der Waals surface area contributed by atoms with E-state index in [9.17, 15) is 9.59 Å². The third-order valence-corrected chi connectivity index (χ3v) is 7.81. The molecule has 1 aliphatic carbocycles. The van der Waals surface area contributed by atoms with E-state index in [-0.39, 0.29) is 11.1 Å². The number of carbonyl (C=O) groups excluding carboxylic acids is 2. The van der Waals surface area contributed by atoms with Gasteiger partial charge in [0.25, 0.3) is 11.1 Å². The van der Waals surface area contributed by atoms with Gasteiger partial charge in [-0.3, -0.25) is 14.9 Å². The molecule has 1 fully saturated rings. The number of aryl methyl sites for hydroxylation is 4. The standard InChI is InChI=1S/C24H22N2O2S2/c1-3-17-16(12-19-22(27)26-24(28)30-19)20(14-10-8-13(2)9-11-14)21-15-6-4-5-7-18(15)29-23(21)25-17/h8-12H,3-7H2,1-2H3,(H,26,27,28). The summed E-state index contributed by atoms with van der Waals surface area (Å²) in [6.45, 7) is 4.18. The highest BCUT2D eigenvalue weighted by Crippen LogP contribution is 2.44. The third kappa shape index (κ3) is 3.28.